The fourth-order valence-corrected chi connectivity index (χ4v) is 3.21. The summed E-state index contributed by atoms with van der Waals surface area (Å²) < 4.78 is 43.3. The van der Waals surface area contributed by atoms with E-state index in [1.807, 2.05) is 0 Å². The van der Waals surface area contributed by atoms with Crippen LogP contribution in [0.5, 0.6) is 0 Å². The Morgan fingerprint density at radius 2 is 2.05 bits per heavy atom. The maximum Gasteiger partial charge on any atom is 0.232 e. The second kappa shape index (κ2) is 7.06. The molecule has 1 fully saturated rings. The van der Waals surface area contributed by atoms with Crippen molar-refractivity contribution in [2.24, 2.45) is 0 Å². The molecule has 2 rings (SSSR count). The Bertz CT molecular complexity index is 629. The molecule has 0 aliphatic carbocycles. The van der Waals surface area contributed by atoms with Crippen LogP contribution in [0.1, 0.15) is 6.42 Å². The van der Waals surface area contributed by atoms with Crippen molar-refractivity contribution in [3.05, 3.63) is 30.1 Å². The van der Waals surface area contributed by atoms with Crippen molar-refractivity contribution in [1.82, 2.24) is 4.90 Å². The molecule has 0 aromatic heterocycles. The van der Waals surface area contributed by atoms with Crippen molar-refractivity contribution in [2.45, 2.75) is 6.42 Å². The molecule has 8 heteroatoms. The van der Waals surface area contributed by atoms with E-state index in [4.69, 9.17) is 4.74 Å². The molecule has 0 N–H and O–H groups in total. The highest BCUT2D eigenvalue weighted by Crippen LogP contribution is 2.19. The van der Waals surface area contributed by atoms with E-state index < -0.39 is 15.8 Å². The predicted molar refractivity (Wildman–Crippen MR) is 80.6 cm³/mol. The number of amides is 1. The molecule has 1 heterocycles. The molecule has 1 aliphatic rings. The molecule has 0 unspecified atom stereocenters. The van der Waals surface area contributed by atoms with Gasteiger partial charge < -0.3 is 9.64 Å². The lowest BCUT2D eigenvalue weighted by molar-refractivity contribution is -0.134. The number of hydrogen-bond donors (Lipinski definition) is 0. The highest BCUT2D eigenvalue weighted by atomic mass is 32.2. The third-order valence-electron chi connectivity index (χ3n) is 3.39. The van der Waals surface area contributed by atoms with Gasteiger partial charge in [-0.3, -0.25) is 9.10 Å². The SMILES string of the molecule is CS(=O)(=O)N(CCC(=O)N1CCOCC1)c1cccc(F)c1. The summed E-state index contributed by atoms with van der Waals surface area (Å²) in [6.45, 7) is 1.99. The second-order valence-electron chi connectivity index (χ2n) is 5.06. The smallest absolute Gasteiger partial charge is 0.232 e. The number of morpholine rings is 1. The zero-order valence-electron chi connectivity index (χ0n) is 12.4. The molecule has 0 bridgehead atoms. The fraction of sp³-hybridized carbons (Fsp3) is 0.500. The van der Waals surface area contributed by atoms with E-state index in [1.165, 1.54) is 18.2 Å². The standard InChI is InChI=1S/C14H19FN2O4S/c1-22(19,20)17(13-4-2-3-12(15)11-13)6-5-14(18)16-7-9-21-10-8-16/h2-4,11H,5-10H2,1H3. The van der Waals surface area contributed by atoms with Crippen LogP contribution in [0.15, 0.2) is 24.3 Å². The summed E-state index contributed by atoms with van der Waals surface area (Å²) >= 11 is 0. The zero-order chi connectivity index (χ0) is 16.2. The average Bonchev–Trinajstić information content (AvgIpc) is 2.47. The van der Waals surface area contributed by atoms with Gasteiger partial charge in [0.1, 0.15) is 5.82 Å². The zero-order valence-corrected chi connectivity index (χ0v) is 13.2. The molecule has 0 spiro atoms. The number of carbonyl (C=O) groups excluding carboxylic acids is 1. The lowest BCUT2D eigenvalue weighted by Crippen LogP contribution is -2.42. The molecular weight excluding hydrogens is 311 g/mol. The number of anilines is 1. The van der Waals surface area contributed by atoms with Crippen molar-refractivity contribution >= 4 is 21.6 Å². The van der Waals surface area contributed by atoms with Crippen LogP contribution >= 0.6 is 0 Å². The van der Waals surface area contributed by atoms with Crippen molar-refractivity contribution in [3.8, 4) is 0 Å². The van der Waals surface area contributed by atoms with Gasteiger partial charge in [-0.25, -0.2) is 12.8 Å². The van der Waals surface area contributed by atoms with E-state index in [2.05, 4.69) is 0 Å². The molecule has 0 saturated carbocycles. The summed E-state index contributed by atoms with van der Waals surface area (Å²) in [5, 5.41) is 0. The summed E-state index contributed by atoms with van der Waals surface area (Å²) in [5.74, 6) is -0.654. The third-order valence-corrected chi connectivity index (χ3v) is 4.58. The molecule has 1 amide bonds. The Morgan fingerprint density at radius 3 is 2.64 bits per heavy atom. The van der Waals surface area contributed by atoms with Gasteiger partial charge in [-0.2, -0.15) is 0 Å². The van der Waals surface area contributed by atoms with Gasteiger partial charge in [-0.1, -0.05) is 6.07 Å². The Labute approximate surface area is 129 Å². The monoisotopic (exact) mass is 330 g/mol. The summed E-state index contributed by atoms with van der Waals surface area (Å²) in [6.07, 6.45) is 1.08. The molecule has 0 radical (unpaired) electrons. The number of hydrogen-bond acceptors (Lipinski definition) is 4. The minimum atomic E-state index is -3.59. The topological polar surface area (TPSA) is 66.9 Å². The Balaban J connectivity index is 2.06. The number of sulfonamides is 1. The van der Waals surface area contributed by atoms with Gasteiger partial charge in [-0.05, 0) is 18.2 Å². The first-order valence-corrected chi connectivity index (χ1v) is 8.81. The van der Waals surface area contributed by atoms with Gasteiger partial charge in [0.25, 0.3) is 0 Å². The molecule has 22 heavy (non-hydrogen) atoms. The third kappa shape index (κ3) is 4.41. The highest BCUT2D eigenvalue weighted by Gasteiger charge is 2.22. The van der Waals surface area contributed by atoms with Crippen LogP contribution in [0, 0.1) is 5.82 Å². The normalized spacial score (nSPS) is 15.6. The molecule has 1 aromatic carbocycles. The lowest BCUT2D eigenvalue weighted by Gasteiger charge is -2.28. The largest absolute Gasteiger partial charge is 0.378 e. The van der Waals surface area contributed by atoms with E-state index in [9.17, 15) is 17.6 Å². The first-order chi connectivity index (χ1) is 10.4. The number of rotatable bonds is 5. The summed E-state index contributed by atoms with van der Waals surface area (Å²) in [6, 6.07) is 5.32. The maximum absolute atomic E-state index is 13.3. The number of ether oxygens (including phenoxy) is 1. The number of benzene rings is 1. The molecule has 1 saturated heterocycles. The average molecular weight is 330 g/mol. The van der Waals surface area contributed by atoms with Crippen LogP contribution in [-0.4, -0.2) is 58.3 Å². The van der Waals surface area contributed by atoms with Crippen LogP contribution in [0.3, 0.4) is 0 Å². The van der Waals surface area contributed by atoms with E-state index in [0.29, 0.717) is 26.3 Å². The van der Waals surface area contributed by atoms with Crippen LogP contribution in [0.4, 0.5) is 10.1 Å². The molecule has 6 nitrogen and oxygen atoms in total. The second-order valence-corrected chi connectivity index (χ2v) is 6.96. The fourth-order valence-electron chi connectivity index (χ4n) is 2.29. The van der Waals surface area contributed by atoms with Crippen molar-refractivity contribution in [1.29, 1.82) is 0 Å². The Hall–Kier alpha value is -1.67. The number of halogens is 1. The minimum Gasteiger partial charge on any atom is -0.378 e. The van der Waals surface area contributed by atoms with E-state index >= 15 is 0 Å². The van der Waals surface area contributed by atoms with Gasteiger partial charge >= 0.3 is 0 Å². The molecule has 1 aliphatic heterocycles. The summed E-state index contributed by atoms with van der Waals surface area (Å²) in [5.41, 5.74) is 0.220. The van der Waals surface area contributed by atoms with Gasteiger partial charge in [0.2, 0.25) is 15.9 Å². The van der Waals surface area contributed by atoms with Crippen LogP contribution in [-0.2, 0) is 19.6 Å². The van der Waals surface area contributed by atoms with Crippen LogP contribution in [0.25, 0.3) is 0 Å². The quantitative estimate of drug-likeness (QED) is 0.802. The van der Waals surface area contributed by atoms with Crippen LogP contribution < -0.4 is 4.31 Å². The maximum atomic E-state index is 13.3. The van der Waals surface area contributed by atoms with Crippen molar-refractivity contribution in [3.63, 3.8) is 0 Å². The molecule has 1 aromatic rings. The highest BCUT2D eigenvalue weighted by molar-refractivity contribution is 7.92. The summed E-state index contributed by atoms with van der Waals surface area (Å²) in [7, 11) is -3.59. The summed E-state index contributed by atoms with van der Waals surface area (Å²) in [4.78, 5) is 13.8. The van der Waals surface area contributed by atoms with E-state index in [0.717, 1.165) is 16.6 Å². The minimum absolute atomic E-state index is 0.0154. The number of nitrogens with zero attached hydrogens (tertiary/aromatic N) is 2. The van der Waals surface area contributed by atoms with Gasteiger partial charge in [0.05, 0.1) is 25.2 Å². The number of carbonyl (C=O) groups is 1. The molecule has 122 valence electrons. The van der Waals surface area contributed by atoms with Crippen LogP contribution in [0.2, 0.25) is 0 Å². The van der Waals surface area contributed by atoms with Gasteiger partial charge in [0.15, 0.2) is 0 Å². The van der Waals surface area contributed by atoms with E-state index in [-0.39, 0.29) is 24.6 Å². The van der Waals surface area contributed by atoms with Crippen molar-refractivity contribution < 1.29 is 22.3 Å². The lowest BCUT2D eigenvalue weighted by atomic mass is 10.3. The van der Waals surface area contributed by atoms with Gasteiger partial charge in [0, 0.05) is 26.1 Å². The molecule has 0 atom stereocenters. The van der Waals surface area contributed by atoms with E-state index in [1.54, 1.807) is 4.90 Å². The Morgan fingerprint density at radius 1 is 1.36 bits per heavy atom. The van der Waals surface area contributed by atoms with Crippen molar-refractivity contribution in [2.75, 3.05) is 43.4 Å². The first kappa shape index (κ1) is 16.7. The first-order valence-electron chi connectivity index (χ1n) is 6.97. The Kier molecular flexibility index (Phi) is 5.36. The predicted octanol–water partition coefficient (Wildman–Crippen LogP) is 0.841. The molecular formula is C14H19FN2O4S. The van der Waals surface area contributed by atoms with Gasteiger partial charge in [-0.15, -0.1) is 0 Å².